The van der Waals surface area contributed by atoms with Crippen LogP contribution in [0.5, 0.6) is 0 Å². The molecule has 2 aromatic rings. The highest BCUT2D eigenvalue weighted by molar-refractivity contribution is 7.19. The van der Waals surface area contributed by atoms with Gasteiger partial charge >= 0.3 is 0 Å². The van der Waals surface area contributed by atoms with Crippen molar-refractivity contribution >= 4 is 21.4 Å². The van der Waals surface area contributed by atoms with Gasteiger partial charge in [-0.25, -0.2) is 4.39 Å². The van der Waals surface area contributed by atoms with Crippen LogP contribution in [0, 0.1) is 5.82 Å². The largest absolute Gasteiger partial charge is 0.298 e. The molecule has 96 valence electrons. The Balaban J connectivity index is 1.79. The monoisotopic (exact) mass is 263 g/mol. The fraction of sp³-hybridized carbons (Fsp3) is 0.467. The Kier molecular flexibility index (Phi) is 3.62. The first kappa shape index (κ1) is 12.1. The van der Waals surface area contributed by atoms with Crippen molar-refractivity contribution in [2.24, 2.45) is 0 Å². The topological polar surface area (TPSA) is 3.24 Å². The molecule has 0 unspecified atom stereocenters. The minimum atomic E-state index is -0.0918. The van der Waals surface area contributed by atoms with E-state index in [0.29, 0.717) is 0 Å². The van der Waals surface area contributed by atoms with Gasteiger partial charge in [-0.1, -0.05) is 18.9 Å². The Morgan fingerprint density at radius 2 is 1.89 bits per heavy atom. The van der Waals surface area contributed by atoms with E-state index in [4.69, 9.17) is 0 Å². The number of thiophene rings is 1. The summed E-state index contributed by atoms with van der Waals surface area (Å²) in [7, 11) is 0. The number of hydrogen-bond donors (Lipinski definition) is 0. The van der Waals surface area contributed by atoms with Gasteiger partial charge in [0.2, 0.25) is 0 Å². The first-order valence-corrected chi connectivity index (χ1v) is 7.54. The number of fused-ring (bicyclic) bond motifs is 1. The van der Waals surface area contributed by atoms with Gasteiger partial charge in [0.15, 0.2) is 0 Å². The molecule has 0 aliphatic carbocycles. The number of rotatable bonds is 2. The average Bonchev–Trinajstić information content (AvgIpc) is 2.60. The smallest absolute Gasteiger partial charge is 0.131 e. The number of hydrogen-bond acceptors (Lipinski definition) is 2. The molecule has 0 N–H and O–H groups in total. The summed E-state index contributed by atoms with van der Waals surface area (Å²) < 4.78 is 14.7. The highest BCUT2D eigenvalue weighted by atomic mass is 32.1. The highest BCUT2D eigenvalue weighted by Gasteiger charge is 2.12. The Morgan fingerprint density at radius 3 is 2.61 bits per heavy atom. The summed E-state index contributed by atoms with van der Waals surface area (Å²) in [6.07, 6.45) is 5.33. The lowest BCUT2D eigenvalue weighted by Crippen LogP contribution is -2.23. The van der Waals surface area contributed by atoms with E-state index < -0.39 is 0 Å². The molecule has 3 heteroatoms. The maximum Gasteiger partial charge on any atom is 0.131 e. The maximum atomic E-state index is 13.6. The number of likely N-dealkylation sites (tertiary alicyclic amines) is 1. The Morgan fingerprint density at radius 1 is 1.11 bits per heavy atom. The van der Waals surface area contributed by atoms with Gasteiger partial charge in [-0.3, -0.25) is 4.90 Å². The van der Waals surface area contributed by atoms with Crippen molar-refractivity contribution in [2.75, 3.05) is 13.1 Å². The van der Waals surface area contributed by atoms with Crippen LogP contribution in [0.1, 0.15) is 30.6 Å². The fourth-order valence-corrected chi connectivity index (χ4v) is 3.79. The summed E-state index contributed by atoms with van der Waals surface area (Å²) >= 11 is 1.73. The first-order valence-electron chi connectivity index (χ1n) is 6.72. The van der Waals surface area contributed by atoms with Crippen molar-refractivity contribution in [3.8, 4) is 0 Å². The van der Waals surface area contributed by atoms with E-state index in [0.717, 1.165) is 16.6 Å². The fourth-order valence-electron chi connectivity index (χ4n) is 2.67. The lowest BCUT2D eigenvalue weighted by molar-refractivity contribution is 0.279. The zero-order valence-corrected chi connectivity index (χ0v) is 11.3. The summed E-state index contributed by atoms with van der Waals surface area (Å²) in [6, 6.07) is 7.38. The molecule has 1 aromatic carbocycles. The van der Waals surface area contributed by atoms with E-state index >= 15 is 0 Å². The van der Waals surface area contributed by atoms with Gasteiger partial charge in [-0.2, -0.15) is 0 Å². The van der Waals surface area contributed by atoms with E-state index in [9.17, 15) is 4.39 Å². The second-order valence-corrected chi connectivity index (χ2v) is 6.22. The molecule has 0 radical (unpaired) electrons. The van der Waals surface area contributed by atoms with Crippen LogP contribution in [0.25, 0.3) is 10.1 Å². The van der Waals surface area contributed by atoms with Gasteiger partial charge in [0, 0.05) is 21.5 Å². The second kappa shape index (κ2) is 5.37. The first-order chi connectivity index (χ1) is 8.83. The normalized spacial score (nSPS) is 18.1. The number of nitrogens with zero attached hydrogens (tertiary/aromatic N) is 1. The van der Waals surface area contributed by atoms with Crippen LogP contribution in [0.15, 0.2) is 24.3 Å². The van der Waals surface area contributed by atoms with Crippen molar-refractivity contribution in [3.05, 3.63) is 35.0 Å². The minimum absolute atomic E-state index is 0.0918. The molecule has 0 bridgehead atoms. The summed E-state index contributed by atoms with van der Waals surface area (Å²) in [5.74, 6) is -0.0918. The molecule has 0 amide bonds. The van der Waals surface area contributed by atoms with Crippen LogP contribution in [-0.4, -0.2) is 18.0 Å². The molecule has 18 heavy (non-hydrogen) atoms. The third kappa shape index (κ3) is 2.57. The SMILES string of the molecule is Fc1cccc2sc(CN3CCCCCC3)cc12. The van der Waals surface area contributed by atoms with Crippen molar-refractivity contribution in [3.63, 3.8) is 0 Å². The molecule has 2 heterocycles. The van der Waals surface area contributed by atoms with Gasteiger partial charge < -0.3 is 0 Å². The van der Waals surface area contributed by atoms with E-state index in [1.807, 2.05) is 12.1 Å². The van der Waals surface area contributed by atoms with Crippen LogP contribution < -0.4 is 0 Å². The molecular weight excluding hydrogens is 245 g/mol. The number of benzene rings is 1. The molecule has 0 saturated carbocycles. The molecule has 0 atom stereocenters. The maximum absolute atomic E-state index is 13.6. The van der Waals surface area contributed by atoms with E-state index in [1.54, 1.807) is 23.5 Å². The standard InChI is InChI=1S/C15H18FNS/c16-14-6-5-7-15-13(14)10-12(18-15)11-17-8-3-1-2-4-9-17/h5-7,10H,1-4,8-9,11H2. The van der Waals surface area contributed by atoms with Crippen LogP contribution in [0.3, 0.4) is 0 Å². The zero-order chi connectivity index (χ0) is 12.4. The lowest BCUT2D eigenvalue weighted by Gasteiger charge is -2.18. The summed E-state index contributed by atoms with van der Waals surface area (Å²) in [4.78, 5) is 3.80. The van der Waals surface area contributed by atoms with Gasteiger partial charge in [0.25, 0.3) is 0 Å². The summed E-state index contributed by atoms with van der Waals surface area (Å²) in [5, 5.41) is 0.785. The van der Waals surface area contributed by atoms with Crippen molar-refractivity contribution in [2.45, 2.75) is 32.2 Å². The van der Waals surface area contributed by atoms with Gasteiger partial charge in [-0.15, -0.1) is 11.3 Å². The quantitative estimate of drug-likeness (QED) is 0.775. The lowest BCUT2D eigenvalue weighted by atomic mass is 10.2. The molecule has 1 nitrogen and oxygen atoms in total. The highest BCUT2D eigenvalue weighted by Crippen LogP contribution is 2.28. The molecule has 1 saturated heterocycles. The molecule has 3 rings (SSSR count). The Hall–Kier alpha value is -0.930. The third-order valence-electron chi connectivity index (χ3n) is 3.64. The molecule has 1 aliphatic rings. The molecule has 0 spiro atoms. The zero-order valence-electron chi connectivity index (χ0n) is 10.5. The molecule has 1 aliphatic heterocycles. The van der Waals surface area contributed by atoms with E-state index in [1.165, 1.54) is 43.6 Å². The van der Waals surface area contributed by atoms with Gasteiger partial charge in [-0.05, 0) is 44.1 Å². The summed E-state index contributed by atoms with van der Waals surface area (Å²) in [5.41, 5.74) is 0. The van der Waals surface area contributed by atoms with Crippen molar-refractivity contribution in [1.29, 1.82) is 0 Å². The Bertz CT molecular complexity index is 526. The van der Waals surface area contributed by atoms with Crippen LogP contribution in [0.2, 0.25) is 0 Å². The average molecular weight is 263 g/mol. The van der Waals surface area contributed by atoms with Crippen molar-refractivity contribution in [1.82, 2.24) is 4.90 Å². The summed E-state index contributed by atoms with van der Waals surface area (Å²) in [6.45, 7) is 3.37. The second-order valence-electron chi connectivity index (χ2n) is 5.05. The predicted octanol–water partition coefficient (Wildman–Crippen LogP) is 4.42. The van der Waals surface area contributed by atoms with E-state index in [2.05, 4.69) is 4.90 Å². The van der Waals surface area contributed by atoms with Crippen LogP contribution in [-0.2, 0) is 6.54 Å². The third-order valence-corrected chi connectivity index (χ3v) is 4.72. The van der Waals surface area contributed by atoms with Crippen molar-refractivity contribution < 1.29 is 4.39 Å². The van der Waals surface area contributed by atoms with Crippen LogP contribution in [0.4, 0.5) is 4.39 Å². The molecule has 1 fully saturated rings. The van der Waals surface area contributed by atoms with Crippen LogP contribution >= 0.6 is 11.3 Å². The Labute approximate surface area is 111 Å². The molecule has 1 aromatic heterocycles. The minimum Gasteiger partial charge on any atom is -0.298 e. The molecular formula is C15H18FNS. The van der Waals surface area contributed by atoms with Gasteiger partial charge in [0.1, 0.15) is 5.82 Å². The van der Waals surface area contributed by atoms with E-state index in [-0.39, 0.29) is 5.82 Å². The predicted molar refractivity (Wildman–Crippen MR) is 75.5 cm³/mol. The van der Waals surface area contributed by atoms with Gasteiger partial charge in [0.05, 0.1) is 0 Å². The number of halogens is 1.